The number of Topliss-reactive ketones (excluding diaryl/α,β-unsaturated/α-hetero) is 1. The summed E-state index contributed by atoms with van der Waals surface area (Å²) < 4.78 is 5.35. The largest absolute Gasteiger partial charge is 0.481 e. The number of benzene rings is 2. The van der Waals surface area contributed by atoms with Crippen LogP contribution in [0.15, 0.2) is 59.1 Å². The van der Waals surface area contributed by atoms with E-state index in [0.29, 0.717) is 16.5 Å². The molecule has 0 bridgehead atoms. The molecule has 1 atom stereocenters. The molecule has 2 amide bonds. The van der Waals surface area contributed by atoms with Crippen LogP contribution < -0.4 is 11.1 Å². The van der Waals surface area contributed by atoms with Gasteiger partial charge in [-0.15, -0.1) is 0 Å². The molecule has 0 fully saturated rings. The Hall–Kier alpha value is -3.98. The molecule has 0 saturated carbocycles. The van der Waals surface area contributed by atoms with Crippen molar-refractivity contribution in [3.63, 3.8) is 0 Å². The number of hydrogen-bond donors (Lipinski definition) is 3. The summed E-state index contributed by atoms with van der Waals surface area (Å²) in [7, 11) is 0. The van der Waals surface area contributed by atoms with E-state index < -0.39 is 29.6 Å². The van der Waals surface area contributed by atoms with Gasteiger partial charge < -0.3 is 20.7 Å². The van der Waals surface area contributed by atoms with Crippen LogP contribution in [-0.2, 0) is 25.6 Å². The van der Waals surface area contributed by atoms with E-state index in [9.17, 15) is 19.2 Å². The van der Waals surface area contributed by atoms with Crippen LogP contribution in [0.1, 0.15) is 37.9 Å². The number of aromatic nitrogens is 1. The molecule has 0 radical (unpaired) electrons. The number of nitrogens with two attached hydrogens (primary N) is 1. The highest BCUT2D eigenvalue weighted by atomic mass is 35.5. The zero-order chi connectivity index (χ0) is 26.1. The summed E-state index contributed by atoms with van der Waals surface area (Å²) in [6.45, 7) is 0. The van der Waals surface area contributed by atoms with E-state index in [-0.39, 0.29) is 38.5 Å². The van der Waals surface area contributed by atoms with Gasteiger partial charge in [0.1, 0.15) is 11.5 Å². The molecule has 0 aliphatic rings. The second-order valence-corrected chi connectivity index (χ2v) is 8.69. The van der Waals surface area contributed by atoms with Gasteiger partial charge in [0.15, 0.2) is 5.78 Å². The minimum absolute atomic E-state index is 0.00894. The molecule has 1 aromatic heterocycles. The maximum absolute atomic E-state index is 12.4. The molecular weight excluding hydrogens is 486 g/mol. The smallest absolute Gasteiger partial charge is 0.303 e. The Morgan fingerprint density at radius 2 is 1.67 bits per heavy atom. The van der Waals surface area contributed by atoms with Crippen molar-refractivity contribution >= 4 is 35.2 Å². The topological polar surface area (TPSA) is 153 Å². The first-order chi connectivity index (χ1) is 17.2. The number of ketones is 1. The van der Waals surface area contributed by atoms with Gasteiger partial charge in [0, 0.05) is 48.8 Å². The van der Waals surface area contributed by atoms with Gasteiger partial charge in [0.2, 0.25) is 11.8 Å². The van der Waals surface area contributed by atoms with Crippen molar-refractivity contribution in [3.8, 4) is 22.4 Å². The highest BCUT2D eigenvalue weighted by Crippen LogP contribution is 2.26. The average molecular weight is 512 g/mol. The van der Waals surface area contributed by atoms with Gasteiger partial charge in [-0.05, 0) is 29.7 Å². The maximum Gasteiger partial charge on any atom is 0.303 e. The predicted octanol–water partition coefficient (Wildman–Crippen LogP) is 3.78. The van der Waals surface area contributed by atoms with E-state index >= 15 is 0 Å². The molecule has 188 valence electrons. The lowest BCUT2D eigenvalue weighted by atomic mass is 10.0. The third-order valence-corrected chi connectivity index (χ3v) is 5.72. The molecule has 3 aromatic rings. The highest BCUT2D eigenvalue weighted by molar-refractivity contribution is 6.30. The molecule has 4 N–H and O–H groups in total. The van der Waals surface area contributed by atoms with E-state index in [1.165, 1.54) is 0 Å². The number of amides is 2. The monoisotopic (exact) mass is 511 g/mol. The van der Waals surface area contributed by atoms with Crippen LogP contribution in [0.4, 0.5) is 0 Å². The number of nitrogens with one attached hydrogen (secondary N) is 1. The van der Waals surface area contributed by atoms with Gasteiger partial charge in [-0.1, -0.05) is 53.2 Å². The first-order valence-corrected chi connectivity index (χ1v) is 11.7. The fourth-order valence-electron chi connectivity index (χ4n) is 3.57. The number of carboxylic acid groups (broad SMARTS) is 1. The van der Waals surface area contributed by atoms with Gasteiger partial charge in [-0.25, -0.2) is 0 Å². The number of hydrogen-bond acceptors (Lipinski definition) is 6. The molecule has 2 aromatic carbocycles. The zero-order valence-electron chi connectivity index (χ0n) is 19.4. The quantitative estimate of drug-likeness (QED) is 0.315. The molecule has 0 saturated heterocycles. The normalized spacial score (nSPS) is 11.6. The Labute approximate surface area is 212 Å². The summed E-state index contributed by atoms with van der Waals surface area (Å²) in [5.41, 5.74) is 8.52. The summed E-state index contributed by atoms with van der Waals surface area (Å²) in [5, 5.41) is 16.2. The molecule has 0 unspecified atom stereocenters. The zero-order valence-corrected chi connectivity index (χ0v) is 20.2. The third-order valence-electron chi connectivity index (χ3n) is 5.48. The fourth-order valence-corrected chi connectivity index (χ4v) is 3.76. The molecule has 9 nitrogen and oxygen atoms in total. The molecule has 0 spiro atoms. The van der Waals surface area contributed by atoms with E-state index in [2.05, 4.69) is 10.5 Å². The first-order valence-electron chi connectivity index (χ1n) is 11.4. The van der Waals surface area contributed by atoms with Gasteiger partial charge >= 0.3 is 5.97 Å². The molecule has 1 heterocycles. The van der Waals surface area contributed by atoms with Crippen LogP contribution in [0.5, 0.6) is 0 Å². The Kier molecular flexibility index (Phi) is 9.35. The first kappa shape index (κ1) is 26.6. The minimum atomic E-state index is -1.09. The van der Waals surface area contributed by atoms with Crippen LogP contribution >= 0.6 is 11.6 Å². The van der Waals surface area contributed by atoms with Crippen molar-refractivity contribution in [2.24, 2.45) is 5.73 Å². The van der Waals surface area contributed by atoms with Crippen molar-refractivity contribution in [1.29, 1.82) is 0 Å². The van der Waals surface area contributed by atoms with Crippen molar-refractivity contribution in [2.45, 2.75) is 44.6 Å². The predicted molar refractivity (Wildman–Crippen MR) is 133 cm³/mol. The molecule has 0 aliphatic heterocycles. The van der Waals surface area contributed by atoms with Gasteiger partial charge in [-0.2, -0.15) is 0 Å². The minimum Gasteiger partial charge on any atom is -0.481 e. The summed E-state index contributed by atoms with van der Waals surface area (Å²) >= 11 is 6.07. The number of primary amides is 1. The Bertz CT molecular complexity index is 1240. The van der Waals surface area contributed by atoms with E-state index in [4.69, 9.17) is 27.0 Å². The summed E-state index contributed by atoms with van der Waals surface area (Å²) in [6, 6.07) is 16.0. The van der Waals surface area contributed by atoms with Crippen LogP contribution in [0.25, 0.3) is 22.4 Å². The number of nitrogens with zero attached hydrogens (tertiary/aromatic N) is 1. The lowest BCUT2D eigenvalue weighted by Crippen LogP contribution is -2.41. The van der Waals surface area contributed by atoms with Crippen molar-refractivity contribution in [1.82, 2.24) is 10.5 Å². The number of halogens is 1. The van der Waals surface area contributed by atoms with Gasteiger partial charge in [-0.3, -0.25) is 19.2 Å². The number of aryl methyl sites for hydroxylation is 1. The molecule has 10 heteroatoms. The lowest BCUT2D eigenvalue weighted by molar-refractivity contribution is -0.138. The van der Waals surface area contributed by atoms with Gasteiger partial charge in [0.05, 0.1) is 6.04 Å². The maximum atomic E-state index is 12.4. The number of rotatable bonds is 13. The molecular formula is C26H26ClN3O6. The SMILES string of the molecule is NC(=O)CCC(=O)[C@H](CCC(=O)O)NC(=O)CCc1cc(-c2ccc(-c3cccc(Cl)c3)cc2)no1. The van der Waals surface area contributed by atoms with Crippen LogP contribution in [0.3, 0.4) is 0 Å². The number of carboxylic acids is 1. The van der Waals surface area contributed by atoms with Crippen LogP contribution in [0, 0.1) is 0 Å². The van der Waals surface area contributed by atoms with Gasteiger partial charge in [0.25, 0.3) is 0 Å². The van der Waals surface area contributed by atoms with E-state index in [1.54, 1.807) is 6.07 Å². The summed E-state index contributed by atoms with van der Waals surface area (Å²) in [6.07, 6.45) is -0.457. The van der Waals surface area contributed by atoms with Crippen molar-refractivity contribution in [2.75, 3.05) is 0 Å². The third kappa shape index (κ3) is 8.06. The number of carbonyl (C=O) groups excluding carboxylic acids is 3. The van der Waals surface area contributed by atoms with Crippen LogP contribution in [0.2, 0.25) is 5.02 Å². The summed E-state index contributed by atoms with van der Waals surface area (Å²) in [5.74, 6) is -2.13. The number of aliphatic carboxylic acids is 1. The Balaban J connectivity index is 1.56. The standard InChI is InChI=1S/C26H26ClN3O6/c27-19-3-1-2-18(14-19)16-4-6-17(7-5-16)22-15-20(36-30-22)8-12-25(33)29-21(9-13-26(34)35)23(31)10-11-24(28)32/h1-7,14-15,21H,8-13H2,(H2,28,32)(H,29,33)(H,34,35)/t21-/m0/s1. The van der Waals surface area contributed by atoms with Crippen molar-refractivity contribution < 1.29 is 28.8 Å². The molecule has 0 aliphatic carbocycles. The fraction of sp³-hybridized carbons (Fsp3) is 0.269. The average Bonchev–Trinajstić information content (AvgIpc) is 3.33. The Morgan fingerprint density at radius 1 is 0.944 bits per heavy atom. The highest BCUT2D eigenvalue weighted by Gasteiger charge is 2.22. The lowest BCUT2D eigenvalue weighted by Gasteiger charge is -2.16. The summed E-state index contributed by atoms with van der Waals surface area (Å²) in [4.78, 5) is 46.6. The molecule has 36 heavy (non-hydrogen) atoms. The number of carbonyl (C=O) groups is 4. The second kappa shape index (κ2) is 12.6. The van der Waals surface area contributed by atoms with Crippen LogP contribution in [-0.4, -0.2) is 39.9 Å². The van der Waals surface area contributed by atoms with Crippen molar-refractivity contribution in [3.05, 3.63) is 65.4 Å². The second-order valence-electron chi connectivity index (χ2n) is 8.25. The molecule has 3 rings (SSSR count). The van der Waals surface area contributed by atoms with E-state index in [0.717, 1.165) is 16.7 Å². The Morgan fingerprint density at radius 3 is 2.33 bits per heavy atom. The van der Waals surface area contributed by atoms with E-state index in [1.807, 2.05) is 48.5 Å².